The van der Waals surface area contributed by atoms with E-state index in [4.69, 9.17) is 4.74 Å². The monoisotopic (exact) mass is 227 g/mol. The van der Waals surface area contributed by atoms with E-state index in [9.17, 15) is 5.11 Å². The van der Waals surface area contributed by atoms with E-state index >= 15 is 0 Å². The lowest BCUT2D eigenvalue weighted by Crippen LogP contribution is -2.52. The first-order chi connectivity index (χ1) is 7.74. The first kappa shape index (κ1) is 12.3. The van der Waals surface area contributed by atoms with Gasteiger partial charge in [0.1, 0.15) is 0 Å². The molecule has 0 aromatic carbocycles. The topological polar surface area (TPSA) is 41.5 Å². The second-order valence-corrected chi connectivity index (χ2v) is 5.53. The van der Waals surface area contributed by atoms with Gasteiger partial charge in [-0.05, 0) is 32.6 Å². The molecule has 2 atom stereocenters. The Bertz CT molecular complexity index is 214. The molecule has 2 N–H and O–H groups in total. The summed E-state index contributed by atoms with van der Waals surface area (Å²) in [6.45, 7) is 3.32. The maximum atomic E-state index is 9.56. The van der Waals surface area contributed by atoms with Crippen molar-refractivity contribution in [1.29, 1.82) is 0 Å². The standard InChI is InChI=1S/C13H25NO2/c1-11-5-6-12(16-11)9-14-13(10-15)7-3-2-4-8-13/h11-12,14-15H,2-10H2,1H3. The molecule has 3 nitrogen and oxygen atoms in total. The lowest BCUT2D eigenvalue weighted by Gasteiger charge is -2.37. The highest BCUT2D eigenvalue weighted by atomic mass is 16.5. The molecule has 0 bridgehead atoms. The molecule has 0 amide bonds. The lowest BCUT2D eigenvalue weighted by atomic mass is 9.82. The summed E-state index contributed by atoms with van der Waals surface area (Å²) in [7, 11) is 0. The average molecular weight is 227 g/mol. The van der Waals surface area contributed by atoms with Crippen molar-refractivity contribution in [3.05, 3.63) is 0 Å². The van der Waals surface area contributed by atoms with Crippen LogP contribution in [-0.4, -0.2) is 36.0 Å². The summed E-state index contributed by atoms with van der Waals surface area (Å²) >= 11 is 0. The summed E-state index contributed by atoms with van der Waals surface area (Å²) in [5, 5.41) is 13.1. The predicted octanol–water partition coefficient (Wildman–Crippen LogP) is 1.84. The van der Waals surface area contributed by atoms with Gasteiger partial charge in [0.05, 0.1) is 18.8 Å². The molecule has 16 heavy (non-hydrogen) atoms. The number of aliphatic hydroxyl groups excluding tert-OH is 1. The van der Waals surface area contributed by atoms with Crippen LogP contribution >= 0.6 is 0 Å². The first-order valence-electron chi connectivity index (χ1n) is 6.75. The van der Waals surface area contributed by atoms with Crippen LogP contribution in [0, 0.1) is 0 Å². The average Bonchev–Trinajstić information content (AvgIpc) is 2.74. The highest BCUT2D eigenvalue weighted by molar-refractivity contribution is 4.91. The normalized spacial score (nSPS) is 34.1. The Morgan fingerprint density at radius 2 is 2.00 bits per heavy atom. The Morgan fingerprint density at radius 1 is 1.25 bits per heavy atom. The zero-order chi connectivity index (χ0) is 11.4. The van der Waals surface area contributed by atoms with Gasteiger partial charge in [0.15, 0.2) is 0 Å². The second-order valence-electron chi connectivity index (χ2n) is 5.53. The molecule has 3 heteroatoms. The molecular weight excluding hydrogens is 202 g/mol. The van der Waals surface area contributed by atoms with Crippen molar-refractivity contribution < 1.29 is 9.84 Å². The zero-order valence-electron chi connectivity index (χ0n) is 10.4. The summed E-state index contributed by atoms with van der Waals surface area (Å²) < 4.78 is 5.80. The fourth-order valence-corrected chi connectivity index (χ4v) is 2.99. The van der Waals surface area contributed by atoms with Gasteiger partial charge < -0.3 is 15.2 Å². The van der Waals surface area contributed by atoms with E-state index < -0.39 is 0 Å². The summed E-state index contributed by atoms with van der Waals surface area (Å²) in [5.74, 6) is 0. The Morgan fingerprint density at radius 3 is 2.56 bits per heavy atom. The molecule has 1 aliphatic heterocycles. The van der Waals surface area contributed by atoms with Crippen molar-refractivity contribution in [2.75, 3.05) is 13.2 Å². The van der Waals surface area contributed by atoms with E-state index in [2.05, 4.69) is 12.2 Å². The molecule has 0 aromatic heterocycles. The molecule has 1 aliphatic carbocycles. The van der Waals surface area contributed by atoms with Crippen molar-refractivity contribution >= 4 is 0 Å². The van der Waals surface area contributed by atoms with Crippen molar-refractivity contribution in [1.82, 2.24) is 5.32 Å². The largest absolute Gasteiger partial charge is 0.394 e. The zero-order valence-corrected chi connectivity index (χ0v) is 10.4. The van der Waals surface area contributed by atoms with E-state index in [0.717, 1.165) is 25.8 Å². The Labute approximate surface area is 98.6 Å². The minimum absolute atomic E-state index is 0.00651. The smallest absolute Gasteiger partial charge is 0.0704 e. The van der Waals surface area contributed by atoms with Gasteiger partial charge >= 0.3 is 0 Å². The molecule has 1 saturated carbocycles. The predicted molar refractivity (Wildman–Crippen MR) is 64.5 cm³/mol. The third-order valence-electron chi connectivity index (χ3n) is 4.14. The second kappa shape index (κ2) is 5.48. The van der Waals surface area contributed by atoms with Crippen LogP contribution in [0.5, 0.6) is 0 Å². The quantitative estimate of drug-likeness (QED) is 0.770. The van der Waals surface area contributed by atoms with Crippen LogP contribution in [0.1, 0.15) is 51.9 Å². The molecule has 0 radical (unpaired) electrons. The van der Waals surface area contributed by atoms with E-state index in [0.29, 0.717) is 12.2 Å². The summed E-state index contributed by atoms with van der Waals surface area (Å²) in [6, 6.07) is 0. The van der Waals surface area contributed by atoms with Gasteiger partial charge in [-0.15, -0.1) is 0 Å². The Balaban J connectivity index is 1.78. The SMILES string of the molecule is CC1CCC(CNC2(CO)CCCCC2)O1. The molecular formula is C13H25NO2. The fraction of sp³-hybridized carbons (Fsp3) is 1.00. The third-order valence-corrected chi connectivity index (χ3v) is 4.14. The molecule has 94 valence electrons. The highest BCUT2D eigenvalue weighted by Crippen LogP contribution is 2.28. The Hall–Kier alpha value is -0.120. The van der Waals surface area contributed by atoms with Crippen LogP contribution in [0.4, 0.5) is 0 Å². The van der Waals surface area contributed by atoms with Gasteiger partial charge in [-0.3, -0.25) is 0 Å². The summed E-state index contributed by atoms with van der Waals surface area (Å²) in [5.41, 5.74) is -0.00651. The van der Waals surface area contributed by atoms with Gasteiger partial charge in [-0.25, -0.2) is 0 Å². The number of ether oxygens (including phenoxy) is 1. The Kier molecular flexibility index (Phi) is 4.22. The minimum Gasteiger partial charge on any atom is -0.394 e. The van der Waals surface area contributed by atoms with Crippen molar-refractivity contribution in [3.63, 3.8) is 0 Å². The molecule has 2 rings (SSSR count). The van der Waals surface area contributed by atoms with E-state index in [1.54, 1.807) is 0 Å². The van der Waals surface area contributed by atoms with Gasteiger partial charge in [0, 0.05) is 12.1 Å². The minimum atomic E-state index is -0.00651. The molecule has 1 saturated heterocycles. The van der Waals surface area contributed by atoms with E-state index in [1.165, 1.54) is 25.7 Å². The van der Waals surface area contributed by atoms with Crippen molar-refractivity contribution in [2.45, 2.75) is 69.6 Å². The van der Waals surface area contributed by atoms with E-state index in [1.807, 2.05) is 0 Å². The van der Waals surface area contributed by atoms with Crippen molar-refractivity contribution in [3.8, 4) is 0 Å². The highest BCUT2D eigenvalue weighted by Gasteiger charge is 2.32. The number of hydrogen-bond acceptors (Lipinski definition) is 3. The van der Waals surface area contributed by atoms with Crippen LogP contribution in [-0.2, 0) is 4.74 Å². The van der Waals surface area contributed by atoms with Gasteiger partial charge in [0.2, 0.25) is 0 Å². The van der Waals surface area contributed by atoms with Crippen molar-refractivity contribution in [2.24, 2.45) is 0 Å². The molecule has 1 heterocycles. The number of hydrogen-bond donors (Lipinski definition) is 2. The van der Waals surface area contributed by atoms with E-state index in [-0.39, 0.29) is 12.1 Å². The number of nitrogens with one attached hydrogen (secondary N) is 1. The number of aliphatic hydroxyl groups is 1. The summed E-state index contributed by atoms with van der Waals surface area (Å²) in [4.78, 5) is 0. The lowest BCUT2D eigenvalue weighted by molar-refractivity contribution is 0.0400. The first-order valence-corrected chi connectivity index (χ1v) is 6.75. The van der Waals surface area contributed by atoms with Crippen LogP contribution in [0.25, 0.3) is 0 Å². The molecule has 0 spiro atoms. The van der Waals surface area contributed by atoms with Crippen LogP contribution in [0.3, 0.4) is 0 Å². The maximum Gasteiger partial charge on any atom is 0.0704 e. The summed E-state index contributed by atoms with van der Waals surface area (Å²) in [6.07, 6.45) is 9.17. The fourth-order valence-electron chi connectivity index (χ4n) is 2.99. The number of rotatable bonds is 4. The molecule has 2 aliphatic rings. The van der Waals surface area contributed by atoms with Crippen LogP contribution in [0.15, 0.2) is 0 Å². The third kappa shape index (κ3) is 2.96. The van der Waals surface area contributed by atoms with Gasteiger partial charge in [0.25, 0.3) is 0 Å². The molecule has 2 unspecified atom stereocenters. The van der Waals surface area contributed by atoms with Crippen LogP contribution < -0.4 is 5.32 Å². The van der Waals surface area contributed by atoms with Gasteiger partial charge in [-0.2, -0.15) is 0 Å². The molecule has 0 aromatic rings. The van der Waals surface area contributed by atoms with Crippen LogP contribution in [0.2, 0.25) is 0 Å². The molecule has 2 fully saturated rings. The maximum absolute atomic E-state index is 9.56. The van der Waals surface area contributed by atoms with Gasteiger partial charge in [-0.1, -0.05) is 19.3 Å².